The second kappa shape index (κ2) is 4.91. The normalized spacial score (nSPS) is 15.6. The first-order chi connectivity index (χ1) is 8.95. The van der Waals surface area contributed by atoms with E-state index in [-0.39, 0.29) is 11.4 Å². The first-order valence-electron chi connectivity index (χ1n) is 6.28. The molecule has 1 aliphatic heterocycles. The summed E-state index contributed by atoms with van der Waals surface area (Å²) in [7, 11) is 2.72. The predicted octanol–water partition coefficient (Wildman–Crippen LogP) is -0.399. The third kappa shape index (κ3) is 2.16. The summed E-state index contributed by atoms with van der Waals surface area (Å²) in [5, 5.41) is 18.1. The molecule has 1 aromatic rings. The van der Waals surface area contributed by atoms with Crippen molar-refractivity contribution in [3.8, 4) is 5.88 Å². The van der Waals surface area contributed by atoms with E-state index in [2.05, 4.69) is 0 Å². The molecule has 1 saturated heterocycles. The van der Waals surface area contributed by atoms with Crippen molar-refractivity contribution in [2.75, 3.05) is 13.1 Å². The standard InChI is InChI=1S/C12H18N4O3/c1-14-10(17)8(11(18)15(2)12(14)19)9(13)16-6-4-3-5-7-16/h13,17H,3-7H2,1-2H3. The highest BCUT2D eigenvalue weighted by Crippen LogP contribution is 2.16. The smallest absolute Gasteiger partial charge is 0.333 e. The Labute approximate surface area is 110 Å². The van der Waals surface area contributed by atoms with Crippen molar-refractivity contribution >= 4 is 5.84 Å². The lowest BCUT2D eigenvalue weighted by Gasteiger charge is -2.29. The van der Waals surface area contributed by atoms with Crippen molar-refractivity contribution in [3.05, 3.63) is 26.4 Å². The van der Waals surface area contributed by atoms with Crippen LogP contribution in [0.15, 0.2) is 9.59 Å². The highest BCUT2D eigenvalue weighted by Gasteiger charge is 2.24. The Kier molecular flexibility index (Phi) is 3.46. The molecule has 0 radical (unpaired) electrons. The maximum atomic E-state index is 12.1. The summed E-state index contributed by atoms with van der Waals surface area (Å²) < 4.78 is 1.89. The molecule has 0 spiro atoms. The molecule has 0 amide bonds. The van der Waals surface area contributed by atoms with E-state index < -0.39 is 17.1 Å². The van der Waals surface area contributed by atoms with Gasteiger partial charge in [-0.25, -0.2) is 4.79 Å². The van der Waals surface area contributed by atoms with E-state index in [4.69, 9.17) is 5.41 Å². The van der Waals surface area contributed by atoms with Gasteiger partial charge in [-0.1, -0.05) is 0 Å². The van der Waals surface area contributed by atoms with E-state index in [1.54, 1.807) is 4.90 Å². The first-order valence-corrected chi connectivity index (χ1v) is 6.28. The van der Waals surface area contributed by atoms with Crippen molar-refractivity contribution in [1.82, 2.24) is 14.0 Å². The maximum Gasteiger partial charge on any atom is 0.333 e. The summed E-state index contributed by atoms with van der Waals surface area (Å²) in [5.74, 6) is -0.447. The van der Waals surface area contributed by atoms with Gasteiger partial charge >= 0.3 is 5.69 Å². The average molecular weight is 266 g/mol. The minimum atomic E-state index is -0.629. The van der Waals surface area contributed by atoms with Gasteiger partial charge in [0.15, 0.2) is 0 Å². The molecule has 1 aliphatic rings. The molecule has 2 heterocycles. The third-order valence-corrected chi connectivity index (χ3v) is 3.54. The van der Waals surface area contributed by atoms with Crippen LogP contribution in [0.3, 0.4) is 0 Å². The summed E-state index contributed by atoms with van der Waals surface area (Å²) in [4.78, 5) is 25.5. The van der Waals surface area contributed by atoms with Crippen LogP contribution >= 0.6 is 0 Å². The minimum Gasteiger partial charge on any atom is -0.494 e. The molecule has 0 aromatic carbocycles. The number of hydrogen-bond donors (Lipinski definition) is 2. The molecule has 7 nitrogen and oxygen atoms in total. The Hall–Kier alpha value is -2.05. The van der Waals surface area contributed by atoms with Crippen molar-refractivity contribution in [2.45, 2.75) is 19.3 Å². The van der Waals surface area contributed by atoms with Gasteiger partial charge in [-0.15, -0.1) is 0 Å². The monoisotopic (exact) mass is 266 g/mol. The Morgan fingerprint density at radius 3 is 2.26 bits per heavy atom. The summed E-state index contributed by atoms with van der Waals surface area (Å²) in [6, 6.07) is 0. The molecule has 19 heavy (non-hydrogen) atoms. The predicted molar refractivity (Wildman–Crippen MR) is 70.8 cm³/mol. The summed E-state index contributed by atoms with van der Waals surface area (Å²) in [6.45, 7) is 1.40. The van der Waals surface area contributed by atoms with Crippen LogP contribution in [0.5, 0.6) is 5.88 Å². The summed E-state index contributed by atoms with van der Waals surface area (Å²) in [5.41, 5.74) is -1.33. The van der Waals surface area contributed by atoms with E-state index in [1.807, 2.05) is 0 Å². The summed E-state index contributed by atoms with van der Waals surface area (Å²) >= 11 is 0. The minimum absolute atomic E-state index is 0.00611. The van der Waals surface area contributed by atoms with Crippen molar-refractivity contribution in [3.63, 3.8) is 0 Å². The number of rotatable bonds is 1. The number of nitrogens with one attached hydrogen (secondary N) is 1. The lowest BCUT2D eigenvalue weighted by atomic mass is 10.1. The van der Waals surface area contributed by atoms with Gasteiger partial charge in [-0.05, 0) is 19.3 Å². The molecule has 0 saturated carbocycles. The number of aromatic hydroxyl groups is 1. The Balaban J connectivity index is 2.53. The Morgan fingerprint density at radius 2 is 1.68 bits per heavy atom. The van der Waals surface area contributed by atoms with Gasteiger partial charge in [-0.2, -0.15) is 0 Å². The van der Waals surface area contributed by atoms with Gasteiger partial charge in [0, 0.05) is 27.2 Å². The third-order valence-electron chi connectivity index (χ3n) is 3.54. The molecule has 0 unspecified atom stereocenters. The molecule has 104 valence electrons. The average Bonchev–Trinajstić information content (AvgIpc) is 2.44. The largest absolute Gasteiger partial charge is 0.494 e. The van der Waals surface area contributed by atoms with Crippen LogP contribution in [0, 0.1) is 5.41 Å². The lowest BCUT2D eigenvalue weighted by Crippen LogP contribution is -2.44. The molecule has 7 heteroatoms. The van der Waals surface area contributed by atoms with Crippen LogP contribution in [0.2, 0.25) is 0 Å². The van der Waals surface area contributed by atoms with Gasteiger partial charge in [0.25, 0.3) is 5.56 Å². The van der Waals surface area contributed by atoms with Gasteiger partial charge in [0.05, 0.1) is 0 Å². The molecule has 0 aliphatic carbocycles. The second-order valence-electron chi connectivity index (χ2n) is 4.80. The number of likely N-dealkylation sites (tertiary alicyclic amines) is 1. The molecular weight excluding hydrogens is 248 g/mol. The fourth-order valence-electron chi connectivity index (χ4n) is 2.32. The number of piperidine rings is 1. The van der Waals surface area contributed by atoms with Gasteiger partial charge in [-0.3, -0.25) is 19.3 Å². The fraction of sp³-hybridized carbons (Fsp3) is 0.583. The highest BCUT2D eigenvalue weighted by atomic mass is 16.3. The fourth-order valence-corrected chi connectivity index (χ4v) is 2.32. The van der Waals surface area contributed by atoms with Gasteiger partial charge < -0.3 is 10.0 Å². The number of hydrogen-bond acceptors (Lipinski definition) is 4. The van der Waals surface area contributed by atoms with Gasteiger partial charge in [0.2, 0.25) is 5.88 Å². The molecular formula is C12H18N4O3. The Bertz CT molecular complexity index is 623. The Morgan fingerprint density at radius 1 is 1.11 bits per heavy atom. The van der Waals surface area contributed by atoms with E-state index in [9.17, 15) is 14.7 Å². The van der Waals surface area contributed by atoms with E-state index in [0.29, 0.717) is 13.1 Å². The zero-order valence-electron chi connectivity index (χ0n) is 11.1. The number of aromatic nitrogens is 2. The molecule has 1 aromatic heterocycles. The van der Waals surface area contributed by atoms with E-state index >= 15 is 0 Å². The van der Waals surface area contributed by atoms with Crippen molar-refractivity contribution in [2.24, 2.45) is 14.1 Å². The van der Waals surface area contributed by atoms with E-state index in [1.165, 1.54) is 14.1 Å². The number of nitrogens with zero attached hydrogens (tertiary/aromatic N) is 3. The summed E-state index contributed by atoms with van der Waals surface area (Å²) in [6.07, 6.45) is 3.05. The van der Waals surface area contributed by atoms with Crippen LogP contribution in [0.25, 0.3) is 0 Å². The maximum absolute atomic E-state index is 12.1. The molecule has 1 fully saturated rings. The quantitative estimate of drug-likeness (QED) is 0.534. The molecule has 0 bridgehead atoms. The van der Waals surface area contributed by atoms with Crippen LogP contribution in [-0.2, 0) is 14.1 Å². The molecule has 2 rings (SSSR count). The number of amidine groups is 1. The van der Waals surface area contributed by atoms with Crippen LogP contribution in [0.1, 0.15) is 24.8 Å². The SMILES string of the molecule is Cn1c(O)c(C(=N)N2CCCCC2)c(=O)n(C)c1=O. The van der Waals surface area contributed by atoms with Crippen LogP contribution < -0.4 is 11.2 Å². The zero-order valence-corrected chi connectivity index (χ0v) is 11.1. The van der Waals surface area contributed by atoms with Crippen LogP contribution in [-0.4, -0.2) is 38.1 Å². The molecule has 2 N–H and O–H groups in total. The zero-order chi connectivity index (χ0) is 14.2. The highest BCUT2D eigenvalue weighted by molar-refractivity contribution is 5.98. The van der Waals surface area contributed by atoms with E-state index in [0.717, 1.165) is 28.4 Å². The topological polar surface area (TPSA) is 91.3 Å². The van der Waals surface area contributed by atoms with Crippen molar-refractivity contribution in [1.29, 1.82) is 5.41 Å². The van der Waals surface area contributed by atoms with Crippen LogP contribution in [0.4, 0.5) is 0 Å². The first kappa shape index (κ1) is 13.4. The van der Waals surface area contributed by atoms with Crippen molar-refractivity contribution < 1.29 is 5.11 Å². The molecule has 0 atom stereocenters. The lowest BCUT2D eigenvalue weighted by molar-refractivity contribution is 0.337. The van der Waals surface area contributed by atoms with Gasteiger partial charge in [0.1, 0.15) is 11.4 Å². The second-order valence-corrected chi connectivity index (χ2v) is 4.80.